The fourth-order valence-electron chi connectivity index (χ4n) is 2.06. The first-order valence-corrected chi connectivity index (χ1v) is 6.24. The number of hydrogen-bond donors (Lipinski definition) is 1. The number of carbonyl (C=O) groups excluding carboxylic acids is 1. The molecule has 1 N–H and O–H groups in total. The number of amides is 2. The molecule has 1 aromatic rings. The second-order valence-electron chi connectivity index (χ2n) is 4.52. The van der Waals surface area contributed by atoms with E-state index in [2.05, 4.69) is 10.3 Å². The Labute approximate surface area is 102 Å². The minimum Gasteiger partial charge on any atom is -0.325 e. The Morgan fingerprint density at radius 2 is 2.00 bits per heavy atom. The second-order valence-corrected chi connectivity index (χ2v) is 4.52. The number of anilines is 1. The first-order chi connectivity index (χ1) is 8.27. The van der Waals surface area contributed by atoms with Crippen LogP contribution in [0.4, 0.5) is 10.5 Å². The Hall–Kier alpha value is -1.58. The van der Waals surface area contributed by atoms with Crippen molar-refractivity contribution >= 4 is 11.7 Å². The Morgan fingerprint density at radius 1 is 1.29 bits per heavy atom. The lowest BCUT2D eigenvalue weighted by Crippen LogP contribution is -2.35. The number of hydrogen-bond acceptors (Lipinski definition) is 2. The number of carbonyl (C=O) groups is 1. The van der Waals surface area contributed by atoms with Crippen LogP contribution in [-0.4, -0.2) is 29.0 Å². The van der Waals surface area contributed by atoms with E-state index in [1.54, 1.807) is 12.4 Å². The van der Waals surface area contributed by atoms with Crippen LogP contribution >= 0.6 is 0 Å². The number of aryl methyl sites for hydroxylation is 1. The maximum atomic E-state index is 12.1. The predicted octanol–water partition coefficient (Wildman–Crippen LogP) is 2.80. The Balaban J connectivity index is 1.98. The van der Waals surface area contributed by atoms with Crippen molar-refractivity contribution in [3.05, 3.63) is 24.0 Å². The van der Waals surface area contributed by atoms with E-state index < -0.39 is 0 Å². The molecule has 2 rings (SSSR count). The van der Waals surface area contributed by atoms with Crippen molar-refractivity contribution in [3.8, 4) is 0 Å². The van der Waals surface area contributed by atoms with Crippen molar-refractivity contribution in [1.29, 1.82) is 0 Å². The number of pyridine rings is 1. The van der Waals surface area contributed by atoms with E-state index in [9.17, 15) is 4.79 Å². The van der Waals surface area contributed by atoms with Crippen molar-refractivity contribution in [1.82, 2.24) is 9.88 Å². The van der Waals surface area contributed by atoms with Gasteiger partial charge in [-0.3, -0.25) is 4.98 Å². The van der Waals surface area contributed by atoms with Crippen molar-refractivity contribution in [2.75, 3.05) is 18.4 Å². The topological polar surface area (TPSA) is 45.2 Å². The van der Waals surface area contributed by atoms with Gasteiger partial charge in [0.1, 0.15) is 0 Å². The third kappa shape index (κ3) is 3.19. The number of nitrogens with zero attached hydrogens (tertiary/aromatic N) is 2. The highest BCUT2D eigenvalue weighted by Gasteiger charge is 2.15. The van der Waals surface area contributed by atoms with Gasteiger partial charge < -0.3 is 10.2 Å². The summed E-state index contributed by atoms with van der Waals surface area (Å²) in [5.41, 5.74) is 1.85. The van der Waals surface area contributed by atoms with Gasteiger partial charge in [0.2, 0.25) is 0 Å². The van der Waals surface area contributed by atoms with E-state index in [0.29, 0.717) is 0 Å². The lowest BCUT2D eigenvalue weighted by atomic mass is 10.2. The molecular weight excluding hydrogens is 214 g/mol. The van der Waals surface area contributed by atoms with Gasteiger partial charge in [-0.05, 0) is 31.4 Å². The smallest absolute Gasteiger partial charge is 0.321 e. The zero-order chi connectivity index (χ0) is 12.1. The molecule has 2 heterocycles. The minimum atomic E-state index is 0.00278. The average molecular weight is 233 g/mol. The number of aromatic nitrogens is 1. The van der Waals surface area contributed by atoms with Crippen LogP contribution < -0.4 is 5.32 Å². The molecule has 1 aliphatic rings. The molecule has 0 aromatic carbocycles. The van der Waals surface area contributed by atoms with E-state index in [0.717, 1.165) is 37.2 Å². The molecule has 0 aliphatic carbocycles. The summed E-state index contributed by atoms with van der Waals surface area (Å²) in [5, 5.41) is 2.93. The molecule has 2 amide bonds. The van der Waals surface area contributed by atoms with E-state index in [1.165, 1.54) is 12.8 Å². The third-order valence-electron chi connectivity index (χ3n) is 3.17. The molecule has 0 radical (unpaired) electrons. The summed E-state index contributed by atoms with van der Waals surface area (Å²) in [4.78, 5) is 18.0. The normalized spacial score (nSPS) is 16.4. The highest BCUT2D eigenvalue weighted by atomic mass is 16.2. The maximum absolute atomic E-state index is 12.1. The van der Waals surface area contributed by atoms with Crippen molar-refractivity contribution in [2.24, 2.45) is 0 Å². The number of likely N-dealkylation sites (tertiary alicyclic amines) is 1. The largest absolute Gasteiger partial charge is 0.325 e. The Kier molecular flexibility index (Phi) is 3.96. The maximum Gasteiger partial charge on any atom is 0.321 e. The van der Waals surface area contributed by atoms with Crippen LogP contribution in [0.1, 0.15) is 31.2 Å². The molecule has 0 spiro atoms. The van der Waals surface area contributed by atoms with Crippen molar-refractivity contribution in [2.45, 2.75) is 32.6 Å². The van der Waals surface area contributed by atoms with Gasteiger partial charge in [-0.2, -0.15) is 0 Å². The highest BCUT2D eigenvalue weighted by Crippen LogP contribution is 2.14. The monoisotopic (exact) mass is 233 g/mol. The van der Waals surface area contributed by atoms with Gasteiger partial charge in [-0.25, -0.2) is 4.79 Å². The molecule has 1 fully saturated rings. The molecule has 92 valence electrons. The molecule has 1 aliphatic heterocycles. The molecule has 0 atom stereocenters. The summed E-state index contributed by atoms with van der Waals surface area (Å²) in [6, 6.07) is 1.90. The number of nitrogens with one attached hydrogen (secondary N) is 1. The van der Waals surface area contributed by atoms with Crippen LogP contribution in [0.3, 0.4) is 0 Å². The van der Waals surface area contributed by atoms with E-state index in [1.807, 2.05) is 17.9 Å². The first-order valence-electron chi connectivity index (χ1n) is 6.24. The molecule has 4 nitrogen and oxygen atoms in total. The highest BCUT2D eigenvalue weighted by molar-refractivity contribution is 5.89. The van der Waals surface area contributed by atoms with Crippen molar-refractivity contribution in [3.63, 3.8) is 0 Å². The zero-order valence-corrected chi connectivity index (χ0v) is 10.3. The van der Waals surface area contributed by atoms with Crippen LogP contribution in [0.2, 0.25) is 0 Å². The summed E-state index contributed by atoms with van der Waals surface area (Å²) in [6.07, 6.45) is 8.12. The molecule has 0 saturated carbocycles. The lowest BCUT2D eigenvalue weighted by molar-refractivity contribution is 0.213. The molecule has 1 saturated heterocycles. The van der Waals surface area contributed by atoms with E-state index >= 15 is 0 Å². The zero-order valence-electron chi connectivity index (χ0n) is 10.3. The van der Waals surface area contributed by atoms with Crippen LogP contribution in [0, 0.1) is 6.92 Å². The van der Waals surface area contributed by atoms with Crippen LogP contribution in [0.5, 0.6) is 0 Å². The molecule has 0 unspecified atom stereocenters. The van der Waals surface area contributed by atoms with E-state index in [4.69, 9.17) is 0 Å². The SMILES string of the molecule is Cc1ccncc1NC(=O)N1CCCCCC1. The van der Waals surface area contributed by atoms with Gasteiger partial charge in [0.05, 0.1) is 11.9 Å². The lowest BCUT2D eigenvalue weighted by Gasteiger charge is -2.21. The molecule has 0 bridgehead atoms. The fourth-order valence-corrected chi connectivity index (χ4v) is 2.06. The van der Waals surface area contributed by atoms with Crippen LogP contribution in [-0.2, 0) is 0 Å². The average Bonchev–Trinajstić information content (AvgIpc) is 2.61. The predicted molar refractivity (Wildman–Crippen MR) is 68.0 cm³/mol. The van der Waals surface area contributed by atoms with Crippen molar-refractivity contribution < 1.29 is 4.79 Å². The quantitative estimate of drug-likeness (QED) is 0.810. The van der Waals surface area contributed by atoms with Crippen LogP contribution in [0.15, 0.2) is 18.5 Å². The number of rotatable bonds is 1. The van der Waals surface area contributed by atoms with Gasteiger partial charge in [-0.1, -0.05) is 12.8 Å². The van der Waals surface area contributed by atoms with Gasteiger partial charge in [-0.15, -0.1) is 0 Å². The Bertz CT molecular complexity index is 384. The van der Waals surface area contributed by atoms with Gasteiger partial charge in [0.25, 0.3) is 0 Å². The summed E-state index contributed by atoms with van der Waals surface area (Å²) in [5.74, 6) is 0. The van der Waals surface area contributed by atoms with E-state index in [-0.39, 0.29) is 6.03 Å². The number of urea groups is 1. The minimum absolute atomic E-state index is 0.00278. The Morgan fingerprint density at radius 3 is 2.65 bits per heavy atom. The summed E-state index contributed by atoms with van der Waals surface area (Å²) in [7, 11) is 0. The molecule has 1 aromatic heterocycles. The molecule has 4 heteroatoms. The van der Waals surface area contributed by atoms with Gasteiger partial charge in [0, 0.05) is 19.3 Å². The summed E-state index contributed by atoms with van der Waals surface area (Å²) < 4.78 is 0. The summed E-state index contributed by atoms with van der Waals surface area (Å²) >= 11 is 0. The van der Waals surface area contributed by atoms with Gasteiger partial charge >= 0.3 is 6.03 Å². The molecule has 17 heavy (non-hydrogen) atoms. The standard InChI is InChI=1S/C13H19N3O/c1-11-6-7-14-10-12(11)15-13(17)16-8-4-2-3-5-9-16/h6-7,10H,2-5,8-9H2,1H3,(H,15,17). The van der Waals surface area contributed by atoms with Gasteiger partial charge in [0.15, 0.2) is 0 Å². The fraction of sp³-hybridized carbons (Fsp3) is 0.538. The third-order valence-corrected chi connectivity index (χ3v) is 3.17. The first kappa shape index (κ1) is 11.9. The summed E-state index contributed by atoms with van der Waals surface area (Å²) in [6.45, 7) is 3.70. The second kappa shape index (κ2) is 5.66. The van der Waals surface area contributed by atoms with Crippen LogP contribution in [0.25, 0.3) is 0 Å². The molecular formula is C13H19N3O.